The Morgan fingerprint density at radius 3 is 2.40 bits per heavy atom. The third-order valence-electron chi connectivity index (χ3n) is 2.99. The maximum absolute atomic E-state index is 13.2. The van der Waals surface area contributed by atoms with Crippen LogP contribution >= 0.6 is 0 Å². The number of benzene rings is 1. The highest BCUT2D eigenvalue weighted by molar-refractivity contribution is 5.46. The van der Waals surface area contributed by atoms with Crippen molar-refractivity contribution in [3.8, 4) is 5.69 Å². The Kier molecular flexibility index (Phi) is 3.85. The van der Waals surface area contributed by atoms with Gasteiger partial charge in [0.1, 0.15) is 0 Å². The molecular formula is C14H16F3N3. The number of nitrogens with one attached hydrogen (secondary N) is 1. The largest absolute Gasteiger partial charge is 0.418 e. The molecule has 1 N–H and O–H groups in total. The lowest BCUT2D eigenvalue weighted by Crippen LogP contribution is -2.14. The van der Waals surface area contributed by atoms with E-state index in [1.807, 2.05) is 0 Å². The van der Waals surface area contributed by atoms with Crippen LogP contribution < -0.4 is 5.32 Å². The van der Waals surface area contributed by atoms with Crippen LogP contribution in [0.4, 0.5) is 13.2 Å². The Morgan fingerprint density at radius 1 is 1.20 bits per heavy atom. The second-order valence-corrected chi connectivity index (χ2v) is 4.72. The predicted octanol–water partition coefficient (Wildman–Crippen LogP) is 3.23. The second-order valence-electron chi connectivity index (χ2n) is 4.72. The first-order chi connectivity index (χ1) is 9.32. The number of aryl methyl sites for hydroxylation is 2. The Labute approximate surface area is 115 Å². The minimum atomic E-state index is -4.41. The van der Waals surface area contributed by atoms with E-state index >= 15 is 0 Å². The van der Waals surface area contributed by atoms with Crippen molar-refractivity contribution in [2.75, 3.05) is 7.05 Å². The minimum Gasteiger partial charge on any atom is -0.316 e. The molecule has 1 aromatic carbocycles. The van der Waals surface area contributed by atoms with E-state index in [4.69, 9.17) is 0 Å². The molecule has 1 heterocycles. The molecule has 0 bridgehead atoms. The molecule has 1 aromatic heterocycles. The van der Waals surface area contributed by atoms with Gasteiger partial charge in [-0.05, 0) is 44.7 Å². The number of rotatable bonds is 3. The van der Waals surface area contributed by atoms with Gasteiger partial charge in [-0.15, -0.1) is 0 Å². The number of nitrogens with zero attached hydrogens (tertiary/aromatic N) is 2. The van der Waals surface area contributed by atoms with Crippen molar-refractivity contribution in [2.45, 2.75) is 26.6 Å². The molecular weight excluding hydrogens is 267 g/mol. The van der Waals surface area contributed by atoms with Crippen molar-refractivity contribution in [1.82, 2.24) is 15.1 Å². The van der Waals surface area contributed by atoms with E-state index in [2.05, 4.69) is 10.4 Å². The van der Waals surface area contributed by atoms with Crippen molar-refractivity contribution in [1.29, 1.82) is 0 Å². The molecule has 0 aliphatic rings. The van der Waals surface area contributed by atoms with Gasteiger partial charge >= 0.3 is 6.18 Å². The van der Waals surface area contributed by atoms with Crippen LogP contribution in [-0.2, 0) is 12.7 Å². The van der Waals surface area contributed by atoms with Crippen LogP contribution in [0, 0.1) is 13.8 Å². The quantitative estimate of drug-likeness (QED) is 0.937. The summed E-state index contributed by atoms with van der Waals surface area (Å²) in [5, 5.41) is 6.98. The van der Waals surface area contributed by atoms with Gasteiger partial charge in [0.25, 0.3) is 0 Å². The summed E-state index contributed by atoms with van der Waals surface area (Å²) in [5.41, 5.74) is 1.34. The highest BCUT2D eigenvalue weighted by atomic mass is 19.4. The first-order valence-corrected chi connectivity index (χ1v) is 6.21. The Bertz CT molecular complexity index is 615. The van der Waals surface area contributed by atoms with E-state index in [9.17, 15) is 13.2 Å². The summed E-state index contributed by atoms with van der Waals surface area (Å²) in [6.45, 7) is 3.88. The molecule has 0 unspecified atom stereocenters. The number of hydrogen-bond acceptors (Lipinski definition) is 2. The maximum atomic E-state index is 13.2. The van der Waals surface area contributed by atoms with Crippen LogP contribution in [-0.4, -0.2) is 16.8 Å². The summed E-state index contributed by atoms with van der Waals surface area (Å²) >= 11 is 0. The average Bonchev–Trinajstić information content (AvgIpc) is 2.68. The van der Waals surface area contributed by atoms with Crippen LogP contribution in [0.1, 0.15) is 22.5 Å². The normalized spacial score (nSPS) is 11.9. The van der Waals surface area contributed by atoms with Crippen LogP contribution in [0.5, 0.6) is 0 Å². The van der Waals surface area contributed by atoms with Crippen LogP contribution in [0.15, 0.2) is 24.3 Å². The summed E-state index contributed by atoms with van der Waals surface area (Å²) in [4.78, 5) is 0. The van der Waals surface area contributed by atoms with Gasteiger partial charge in [-0.2, -0.15) is 18.3 Å². The van der Waals surface area contributed by atoms with Crippen molar-refractivity contribution in [2.24, 2.45) is 0 Å². The number of alkyl halides is 3. The van der Waals surface area contributed by atoms with E-state index in [0.717, 1.165) is 0 Å². The fourth-order valence-corrected chi connectivity index (χ4v) is 2.18. The van der Waals surface area contributed by atoms with Crippen LogP contribution in [0.2, 0.25) is 0 Å². The summed E-state index contributed by atoms with van der Waals surface area (Å²) in [7, 11) is 1.70. The van der Waals surface area contributed by atoms with E-state index in [1.54, 1.807) is 33.0 Å². The zero-order chi connectivity index (χ0) is 14.9. The van der Waals surface area contributed by atoms with Gasteiger partial charge in [-0.3, -0.25) is 0 Å². The third-order valence-corrected chi connectivity index (χ3v) is 2.99. The van der Waals surface area contributed by atoms with Gasteiger partial charge in [0, 0.05) is 12.2 Å². The Morgan fingerprint density at radius 2 is 1.90 bits per heavy atom. The third kappa shape index (κ3) is 2.85. The van der Waals surface area contributed by atoms with Crippen LogP contribution in [0.3, 0.4) is 0 Å². The summed E-state index contributed by atoms with van der Waals surface area (Å²) in [6, 6.07) is 6.07. The topological polar surface area (TPSA) is 29.9 Å². The highest BCUT2D eigenvalue weighted by Crippen LogP contribution is 2.34. The molecule has 20 heavy (non-hydrogen) atoms. The summed E-state index contributed by atoms with van der Waals surface area (Å²) < 4.78 is 41.0. The lowest BCUT2D eigenvalue weighted by Gasteiger charge is -2.15. The molecule has 0 saturated heterocycles. The first-order valence-electron chi connectivity index (χ1n) is 6.21. The standard InChI is InChI=1S/C14H16F3N3/c1-9-6-10(2)20(19-9)13-5-4-11(8-18-3)7-12(13)14(15,16)17/h4-7,18H,8H2,1-3H3. The zero-order valence-electron chi connectivity index (χ0n) is 11.5. The van der Waals surface area contributed by atoms with Gasteiger partial charge in [-0.25, -0.2) is 4.68 Å². The van der Waals surface area contributed by atoms with E-state index in [-0.39, 0.29) is 5.69 Å². The lowest BCUT2D eigenvalue weighted by molar-refractivity contribution is -0.137. The zero-order valence-corrected chi connectivity index (χ0v) is 11.5. The fourth-order valence-electron chi connectivity index (χ4n) is 2.18. The molecule has 0 amide bonds. The molecule has 0 saturated carbocycles. The molecule has 2 aromatic rings. The number of halogens is 3. The molecule has 0 fully saturated rings. The van der Waals surface area contributed by atoms with Crippen molar-refractivity contribution < 1.29 is 13.2 Å². The summed E-state index contributed by atoms with van der Waals surface area (Å²) in [6.07, 6.45) is -4.41. The molecule has 0 radical (unpaired) electrons. The van der Waals surface area contributed by atoms with Gasteiger partial charge in [0.05, 0.1) is 16.9 Å². The summed E-state index contributed by atoms with van der Waals surface area (Å²) in [5.74, 6) is 0. The van der Waals surface area contributed by atoms with Gasteiger partial charge in [-0.1, -0.05) is 6.07 Å². The van der Waals surface area contributed by atoms with Crippen molar-refractivity contribution in [3.63, 3.8) is 0 Å². The fraction of sp³-hybridized carbons (Fsp3) is 0.357. The average molecular weight is 283 g/mol. The Balaban J connectivity index is 2.60. The van der Waals surface area contributed by atoms with Gasteiger partial charge in [0.2, 0.25) is 0 Å². The smallest absolute Gasteiger partial charge is 0.316 e. The van der Waals surface area contributed by atoms with Crippen molar-refractivity contribution in [3.05, 3.63) is 46.8 Å². The van der Waals surface area contributed by atoms with E-state index in [1.165, 1.54) is 16.8 Å². The molecule has 108 valence electrons. The minimum absolute atomic E-state index is 0.0583. The SMILES string of the molecule is CNCc1ccc(-n2nc(C)cc2C)c(C(F)(F)F)c1. The molecule has 0 atom stereocenters. The van der Waals surface area contributed by atoms with Gasteiger partial charge < -0.3 is 5.32 Å². The van der Waals surface area contributed by atoms with E-state index in [0.29, 0.717) is 23.5 Å². The molecule has 2 rings (SSSR count). The van der Waals surface area contributed by atoms with Crippen LogP contribution in [0.25, 0.3) is 5.69 Å². The molecule has 0 aliphatic carbocycles. The number of hydrogen-bond donors (Lipinski definition) is 1. The maximum Gasteiger partial charge on any atom is 0.418 e. The monoisotopic (exact) mass is 283 g/mol. The molecule has 0 aliphatic heterocycles. The molecule has 6 heteroatoms. The lowest BCUT2D eigenvalue weighted by atomic mass is 10.1. The van der Waals surface area contributed by atoms with Gasteiger partial charge in [0.15, 0.2) is 0 Å². The van der Waals surface area contributed by atoms with E-state index < -0.39 is 11.7 Å². The Hall–Kier alpha value is -1.82. The molecule has 3 nitrogen and oxygen atoms in total. The first kappa shape index (κ1) is 14.6. The predicted molar refractivity (Wildman–Crippen MR) is 70.8 cm³/mol. The molecule has 0 spiro atoms. The second kappa shape index (κ2) is 5.28. The number of aromatic nitrogens is 2. The van der Waals surface area contributed by atoms with Crippen molar-refractivity contribution >= 4 is 0 Å². The highest BCUT2D eigenvalue weighted by Gasteiger charge is 2.34.